The Morgan fingerprint density at radius 2 is 2.11 bits per heavy atom. The Bertz CT molecular complexity index is 970. The number of amides is 1. The second kappa shape index (κ2) is 7.91. The van der Waals surface area contributed by atoms with E-state index < -0.39 is 0 Å². The van der Waals surface area contributed by atoms with Crippen molar-refractivity contribution < 1.29 is 4.79 Å². The molecule has 0 bridgehead atoms. The predicted molar refractivity (Wildman–Crippen MR) is 114 cm³/mol. The lowest BCUT2D eigenvalue weighted by Crippen LogP contribution is -2.39. The molecule has 0 spiro atoms. The maximum atomic E-state index is 12.5. The van der Waals surface area contributed by atoms with Crippen LogP contribution in [0.1, 0.15) is 35.8 Å². The molecule has 1 aliphatic rings. The Morgan fingerprint density at radius 1 is 1.32 bits per heavy atom. The van der Waals surface area contributed by atoms with Crippen molar-refractivity contribution >= 4 is 32.6 Å². The predicted octanol–water partition coefficient (Wildman–Crippen LogP) is 3.58. The Labute approximate surface area is 169 Å². The molecule has 2 aromatic heterocycles. The number of hydrogen-bond acceptors (Lipinski definition) is 5. The number of nitrogens with zero attached hydrogens (tertiary/aromatic N) is 5. The fourth-order valence-corrected chi connectivity index (χ4v) is 4.98. The monoisotopic (exact) mass is 397 g/mol. The van der Waals surface area contributed by atoms with Gasteiger partial charge in [-0.05, 0) is 36.8 Å². The molecule has 3 aromatic rings. The standard InChI is InChI=1S/C21H27N5OS/c1-4-16-6-5-7-18-19(16)23-21(28-18)26-10-8-15(9-11-26)12-25(3)20(27)17-13-24(2)14-22-17/h5-7,13-15H,4,8-12H2,1-3H3. The van der Waals surface area contributed by atoms with Crippen LogP contribution in [-0.4, -0.2) is 52.0 Å². The smallest absolute Gasteiger partial charge is 0.273 e. The lowest BCUT2D eigenvalue weighted by atomic mass is 9.96. The normalized spacial score (nSPS) is 15.3. The highest BCUT2D eigenvalue weighted by Crippen LogP contribution is 2.33. The lowest BCUT2D eigenvalue weighted by Gasteiger charge is -2.33. The summed E-state index contributed by atoms with van der Waals surface area (Å²) in [6.07, 6.45) is 6.62. The minimum absolute atomic E-state index is 0.00120. The summed E-state index contributed by atoms with van der Waals surface area (Å²) in [6.45, 7) is 4.96. The zero-order valence-electron chi connectivity index (χ0n) is 16.8. The number of anilines is 1. The highest BCUT2D eigenvalue weighted by Gasteiger charge is 2.25. The molecule has 0 atom stereocenters. The van der Waals surface area contributed by atoms with Gasteiger partial charge in [0.15, 0.2) is 5.13 Å². The number of hydrogen-bond donors (Lipinski definition) is 0. The molecule has 7 heteroatoms. The molecule has 0 saturated carbocycles. The van der Waals surface area contributed by atoms with Crippen molar-refractivity contribution in [1.82, 2.24) is 19.4 Å². The summed E-state index contributed by atoms with van der Waals surface area (Å²) in [7, 11) is 3.76. The third-order valence-electron chi connectivity index (χ3n) is 5.56. The molecule has 1 saturated heterocycles. The Morgan fingerprint density at radius 3 is 2.79 bits per heavy atom. The van der Waals surface area contributed by atoms with Gasteiger partial charge in [0.05, 0.1) is 16.5 Å². The van der Waals surface area contributed by atoms with Gasteiger partial charge in [0.1, 0.15) is 5.69 Å². The van der Waals surface area contributed by atoms with Crippen molar-refractivity contribution in [2.75, 3.05) is 31.6 Å². The van der Waals surface area contributed by atoms with Crippen LogP contribution in [0.3, 0.4) is 0 Å². The number of imidazole rings is 1. The van der Waals surface area contributed by atoms with Crippen molar-refractivity contribution in [3.63, 3.8) is 0 Å². The largest absolute Gasteiger partial charge is 0.348 e. The summed E-state index contributed by atoms with van der Waals surface area (Å²) in [6, 6.07) is 6.47. The van der Waals surface area contributed by atoms with E-state index in [1.165, 1.54) is 10.3 Å². The van der Waals surface area contributed by atoms with Gasteiger partial charge in [-0.1, -0.05) is 30.4 Å². The van der Waals surface area contributed by atoms with Gasteiger partial charge in [-0.2, -0.15) is 0 Å². The van der Waals surface area contributed by atoms with Crippen molar-refractivity contribution in [3.8, 4) is 0 Å². The minimum Gasteiger partial charge on any atom is -0.348 e. The van der Waals surface area contributed by atoms with Crippen LogP contribution < -0.4 is 4.90 Å². The molecule has 0 N–H and O–H groups in total. The molecule has 1 aromatic carbocycles. The highest BCUT2D eigenvalue weighted by molar-refractivity contribution is 7.22. The fraction of sp³-hybridized carbons (Fsp3) is 0.476. The van der Waals surface area contributed by atoms with Gasteiger partial charge < -0.3 is 14.4 Å². The van der Waals surface area contributed by atoms with E-state index in [4.69, 9.17) is 4.98 Å². The molecule has 1 fully saturated rings. The number of benzene rings is 1. The molecule has 1 aliphatic heterocycles. The van der Waals surface area contributed by atoms with Crippen LogP contribution in [0.5, 0.6) is 0 Å². The van der Waals surface area contributed by atoms with Crippen LogP contribution in [0.25, 0.3) is 10.2 Å². The number of piperidine rings is 1. The van der Waals surface area contributed by atoms with Gasteiger partial charge in [-0.3, -0.25) is 4.79 Å². The van der Waals surface area contributed by atoms with Crippen LogP contribution in [0, 0.1) is 5.92 Å². The van der Waals surface area contributed by atoms with E-state index in [0.717, 1.165) is 49.5 Å². The minimum atomic E-state index is 0.00120. The molecule has 4 rings (SSSR count). The highest BCUT2D eigenvalue weighted by atomic mass is 32.1. The SMILES string of the molecule is CCc1cccc2sc(N3CCC(CN(C)C(=O)c4cn(C)cn4)CC3)nc12. The first-order valence-electron chi connectivity index (χ1n) is 9.92. The molecule has 148 valence electrons. The van der Waals surface area contributed by atoms with Gasteiger partial charge in [-0.15, -0.1) is 0 Å². The molecule has 6 nitrogen and oxygen atoms in total. The molecule has 1 amide bonds. The summed E-state index contributed by atoms with van der Waals surface area (Å²) in [5.41, 5.74) is 3.00. The van der Waals surface area contributed by atoms with Gasteiger partial charge in [-0.25, -0.2) is 9.97 Å². The maximum absolute atomic E-state index is 12.5. The summed E-state index contributed by atoms with van der Waals surface area (Å²) in [5, 5.41) is 1.13. The zero-order valence-corrected chi connectivity index (χ0v) is 17.6. The second-order valence-corrected chi connectivity index (χ2v) is 8.66. The first kappa shape index (κ1) is 18.9. The molecule has 0 unspecified atom stereocenters. The first-order valence-corrected chi connectivity index (χ1v) is 10.7. The zero-order chi connectivity index (χ0) is 19.7. The molecule has 3 heterocycles. The maximum Gasteiger partial charge on any atom is 0.273 e. The van der Waals surface area contributed by atoms with Crippen LogP contribution in [0.4, 0.5) is 5.13 Å². The van der Waals surface area contributed by atoms with Crippen molar-refractivity contribution in [1.29, 1.82) is 0 Å². The summed E-state index contributed by atoms with van der Waals surface area (Å²) in [5.74, 6) is 0.524. The number of thiazole rings is 1. The van der Waals surface area contributed by atoms with Crippen LogP contribution in [-0.2, 0) is 13.5 Å². The van der Waals surface area contributed by atoms with Gasteiger partial charge in [0, 0.05) is 39.9 Å². The molecular formula is C21H27N5OS. The second-order valence-electron chi connectivity index (χ2n) is 7.65. The Balaban J connectivity index is 1.36. The number of carbonyl (C=O) groups is 1. The van der Waals surface area contributed by atoms with Gasteiger partial charge in [0.25, 0.3) is 5.91 Å². The average molecular weight is 398 g/mol. The molecular weight excluding hydrogens is 370 g/mol. The average Bonchev–Trinajstić information content (AvgIpc) is 3.34. The number of carbonyl (C=O) groups excluding carboxylic acids is 1. The first-order chi connectivity index (χ1) is 13.5. The number of fused-ring (bicyclic) bond motifs is 1. The lowest BCUT2D eigenvalue weighted by molar-refractivity contribution is 0.0759. The Kier molecular flexibility index (Phi) is 5.35. The van der Waals surface area contributed by atoms with E-state index in [-0.39, 0.29) is 5.91 Å². The van der Waals surface area contributed by atoms with E-state index in [2.05, 4.69) is 35.0 Å². The van der Waals surface area contributed by atoms with Crippen molar-refractivity contribution in [2.24, 2.45) is 13.0 Å². The van der Waals surface area contributed by atoms with E-state index in [9.17, 15) is 4.79 Å². The van der Waals surface area contributed by atoms with Crippen molar-refractivity contribution in [3.05, 3.63) is 42.0 Å². The van der Waals surface area contributed by atoms with Crippen molar-refractivity contribution in [2.45, 2.75) is 26.2 Å². The topological polar surface area (TPSA) is 54.3 Å². The van der Waals surface area contributed by atoms with Gasteiger partial charge in [0.2, 0.25) is 0 Å². The summed E-state index contributed by atoms with van der Waals surface area (Å²) >= 11 is 1.79. The van der Waals surface area contributed by atoms with E-state index in [0.29, 0.717) is 11.6 Å². The van der Waals surface area contributed by atoms with Crippen LogP contribution in [0.15, 0.2) is 30.7 Å². The summed E-state index contributed by atoms with van der Waals surface area (Å²) in [4.78, 5) is 25.8. The number of rotatable bonds is 5. The van der Waals surface area contributed by atoms with Gasteiger partial charge >= 0.3 is 0 Å². The molecule has 0 aliphatic carbocycles. The third-order valence-corrected chi connectivity index (χ3v) is 6.64. The van der Waals surface area contributed by atoms with E-state index in [1.54, 1.807) is 23.9 Å². The third kappa shape index (κ3) is 3.76. The number of aromatic nitrogens is 3. The number of para-hydroxylation sites is 1. The van der Waals surface area contributed by atoms with Crippen LogP contribution >= 0.6 is 11.3 Å². The van der Waals surface area contributed by atoms with E-state index in [1.807, 2.05) is 23.6 Å². The summed E-state index contributed by atoms with van der Waals surface area (Å²) < 4.78 is 3.08. The fourth-order valence-electron chi connectivity index (χ4n) is 3.91. The number of aryl methyl sites for hydroxylation is 2. The van der Waals surface area contributed by atoms with E-state index >= 15 is 0 Å². The molecule has 0 radical (unpaired) electrons. The molecule has 28 heavy (non-hydrogen) atoms. The quantitative estimate of drug-likeness (QED) is 0.660. The Hall–Kier alpha value is -2.41. The van der Waals surface area contributed by atoms with Crippen LogP contribution in [0.2, 0.25) is 0 Å².